The summed E-state index contributed by atoms with van der Waals surface area (Å²) < 4.78 is 0. The lowest BCUT2D eigenvalue weighted by Gasteiger charge is -2.21. The molecule has 0 aliphatic heterocycles. The van der Waals surface area contributed by atoms with E-state index in [0.29, 0.717) is 6.42 Å². The van der Waals surface area contributed by atoms with Gasteiger partial charge in [-0.05, 0) is 37.3 Å². The molecule has 1 aromatic rings. The number of halogens is 1. The van der Waals surface area contributed by atoms with Gasteiger partial charge in [-0.3, -0.25) is 19.7 Å². The highest BCUT2D eigenvalue weighted by Crippen LogP contribution is 2.23. The first-order valence-electron chi connectivity index (χ1n) is 8.46. The molecule has 0 heterocycles. The Labute approximate surface area is 161 Å². The molecule has 1 aliphatic carbocycles. The number of nitrogens with one attached hydrogen (secondary N) is 2. The zero-order valence-electron chi connectivity index (χ0n) is 14.5. The molecule has 142 valence electrons. The number of hydrogen-bond acceptors (Lipinski definition) is 5. The van der Waals surface area contributed by atoms with Gasteiger partial charge in [0.1, 0.15) is 6.04 Å². The van der Waals surface area contributed by atoms with Gasteiger partial charge in [0.25, 0.3) is 11.6 Å². The Hall–Kier alpha value is -1.80. The number of amides is 2. The minimum absolute atomic E-state index is 0.0171. The van der Waals surface area contributed by atoms with Gasteiger partial charge in [0, 0.05) is 18.2 Å². The molecule has 1 aliphatic rings. The van der Waals surface area contributed by atoms with Crippen LogP contribution in [0.3, 0.4) is 0 Å². The van der Waals surface area contributed by atoms with Crippen LogP contribution in [-0.2, 0) is 4.79 Å². The van der Waals surface area contributed by atoms with Gasteiger partial charge in [-0.25, -0.2) is 0 Å². The van der Waals surface area contributed by atoms with E-state index in [1.807, 2.05) is 6.26 Å². The molecular formula is C17H22ClN3O4S. The highest BCUT2D eigenvalue weighted by molar-refractivity contribution is 7.98. The molecule has 1 fully saturated rings. The smallest absolute Gasteiger partial charge is 0.270 e. The molecule has 2 amide bonds. The average Bonchev–Trinajstić information content (AvgIpc) is 3.10. The summed E-state index contributed by atoms with van der Waals surface area (Å²) in [5, 5.41) is 16.5. The SMILES string of the molecule is CSCC[C@@H](NC(=O)c1ccc([N+](=O)[O-])cc1Cl)C(=O)NC1CCCC1. The number of non-ortho nitro benzene ring substituents is 1. The van der Waals surface area contributed by atoms with Crippen molar-refractivity contribution in [1.82, 2.24) is 10.6 Å². The number of hydrogen-bond donors (Lipinski definition) is 2. The number of thioether (sulfide) groups is 1. The maximum absolute atomic E-state index is 12.5. The van der Waals surface area contributed by atoms with Crippen LogP contribution >= 0.6 is 23.4 Å². The second-order valence-electron chi connectivity index (χ2n) is 6.22. The first-order valence-corrected chi connectivity index (χ1v) is 10.2. The maximum atomic E-state index is 12.5. The highest BCUT2D eigenvalue weighted by atomic mass is 35.5. The second-order valence-corrected chi connectivity index (χ2v) is 7.61. The van der Waals surface area contributed by atoms with Crippen molar-refractivity contribution in [2.45, 2.75) is 44.2 Å². The third kappa shape index (κ3) is 5.60. The van der Waals surface area contributed by atoms with E-state index in [4.69, 9.17) is 11.6 Å². The van der Waals surface area contributed by atoms with Crippen LogP contribution in [0.4, 0.5) is 5.69 Å². The van der Waals surface area contributed by atoms with E-state index in [-0.39, 0.29) is 28.2 Å². The minimum atomic E-state index is -0.665. The Bertz CT molecular complexity index is 680. The van der Waals surface area contributed by atoms with Crippen molar-refractivity contribution in [3.8, 4) is 0 Å². The van der Waals surface area contributed by atoms with Gasteiger partial charge in [0.15, 0.2) is 0 Å². The third-order valence-electron chi connectivity index (χ3n) is 4.34. The zero-order valence-corrected chi connectivity index (χ0v) is 16.1. The lowest BCUT2D eigenvalue weighted by molar-refractivity contribution is -0.384. The molecule has 0 aromatic heterocycles. The largest absolute Gasteiger partial charge is 0.352 e. The van der Waals surface area contributed by atoms with E-state index in [1.165, 1.54) is 12.1 Å². The molecule has 2 rings (SSSR count). The quantitative estimate of drug-likeness (QED) is 0.516. The van der Waals surface area contributed by atoms with Crippen molar-refractivity contribution >= 4 is 40.9 Å². The summed E-state index contributed by atoms with van der Waals surface area (Å²) in [5.74, 6) is 0.00622. The number of benzene rings is 1. The van der Waals surface area contributed by atoms with Crippen LogP contribution in [-0.4, -0.2) is 40.8 Å². The third-order valence-corrected chi connectivity index (χ3v) is 5.30. The van der Waals surface area contributed by atoms with Crippen molar-refractivity contribution in [2.24, 2.45) is 0 Å². The monoisotopic (exact) mass is 399 g/mol. The van der Waals surface area contributed by atoms with Crippen molar-refractivity contribution in [3.05, 3.63) is 38.9 Å². The average molecular weight is 400 g/mol. The molecule has 1 aromatic carbocycles. The Morgan fingerprint density at radius 3 is 2.65 bits per heavy atom. The Kier molecular flexibility index (Phi) is 7.71. The molecule has 0 spiro atoms. The fourth-order valence-corrected chi connectivity index (χ4v) is 3.65. The summed E-state index contributed by atoms with van der Waals surface area (Å²) in [4.78, 5) is 35.2. The molecule has 26 heavy (non-hydrogen) atoms. The van der Waals surface area contributed by atoms with Gasteiger partial charge < -0.3 is 10.6 Å². The summed E-state index contributed by atoms with van der Waals surface area (Å²) in [6, 6.07) is 3.15. The van der Waals surface area contributed by atoms with Gasteiger partial charge in [0.2, 0.25) is 5.91 Å². The summed E-state index contributed by atoms with van der Waals surface area (Å²) in [6.45, 7) is 0. The molecule has 2 N–H and O–H groups in total. The van der Waals surface area contributed by atoms with Crippen molar-refractivity contribution in [3.63, 3.8) is 0 Å². The Morgan fingerprint density at radius 2 is 2.08 bits per heavy atom. The maximum Gasteiger partial charge on any atom is 0.270 e. The van der Waals surface area contributed by atoms with Crippen molar-refractivity contribution < 1.29 is 14.5 Å². The summed E-state index contributed by atoms with van der Waals surface area (Å²) >= 11 is 7.59. The highest BCUT2D eigenvalue weighted by Gasteiger charge is 2.26. The van der Waals surface area contributed by atoms with Crippen molar-refractivity contribution in [1.29, 1.82) is 0 Å². The van der Waals surface area contributed by atoms with E-state index in [9.17, 15) is 19.7 Å². The predicted octanol–water partition coefficient (Wildman–Crippen LogP) is 3.16. The summed E-state index contributed by atoms with van der Waals surface area (Å²) in [7, 11) is 0. The van der Waals surface area contributed by atoms with Gasteiger partial charge in [-0.2, -0.15) is 11.8 Å². The number of nitro groups is 1. The molecule has 0 bridgehead atoms. The lowest BCUT2D eigenvalue weighted by Crippen LogP contribution is -2.49. The summed E-state index contributed by atoms with van der Waals surface area (Å²) in [6.07, 6.45) is 6.56. The van der Waals surface area contributed by atoms with Crippen LogP contribution in [0.1, 0.15) is 42.5 Å². The fourth-order valence-electron chi connectivity index (χ4n) is 2.91. The number of nitro benzene ring substituents is 1. The molecule has 1 saturated carbocycles. The first kappa shape index (κ1) is 20.5. The van der Waals surface area contributed by atoms with E-state index >= 15 is 0 Å². The Balaban J connectivity index is 2.07. The topological polar surface area (TPSA) is 101 Å². The van der Waals surface area contributed by atoms with Crippen LogP contribution in [0.15, 0.2) is 18.2 Å². The second kappa shape index (κ2) is 9.78. The summed E-state index contributed by atoms with van der Waals surface area (Å²) in [5.41, 5.74) is -0.0791. The van der Waals surface area contributed by atoms with Gasteiger partial charge >= 0.3 is 0 Å². The zero-order chi connectivity index (χ0) is 19.1. The molecule has 7 nitrogen and oxygen atoms in total. The van der Waals surface area contributed by atoms with Crippen LogP contribution < -0.4 is 10.6 Å². The van der Waals surface area contributed by atoms with Crippen molar-refractivity contribution in [2.75, 3.05) is 12.0 Å². The number of carbonyl (C=O) groups is 2. The van der Waals surface area contributed by atoms with E-state index < -0.39 is 16.9 Å². The Morgan fingerprint density at radius 1 is 1.38 bits per heavy atom. The molecule has 0 unspecified atom stereocenters. The molecule has 0 saturated heterocycles. The molecule has 1 atom stereocenters. The fraction of sp³-hybridized carbons (Fsp3) is 0.529. The first-order chi connectivity index (χ1) is 12.4. The van der Waals surface area contributed by atoms with E-state index in [1.54, 1.807) is 11.8 Å². The van der Waals surface area contributed by atoms with Crippen LogP contribution in [0.25, 0.3) is 0 Å². The van der Waals surface area contributed by atoms with Gasteiger partial charge in [-0.15, -0.1) is 0 Å². The number of nitrogens with zero attached hydrogens (tertiary/aromatic N) is 1. The van der Waals surface area contributed by atoms with Crippen LogP contribution in [0.2, 0.25) is 5.02 Å². The normalized spacial score (nSPS) is 15.5. The minimum Gasteiger partial charge on any atom is -0.352 e. The van der Waals surface area contributed by atoms with Gasteiger partial charge in [-0.1, -0.05) is 24.4 Å². The van der Waals surface area contributed by atoms with Crippen LogP contribution in [0, 0.1) is 10.1 Å². The van der Waals surface area contributed by atoms with Gasteiger partial charge in [0.05, 0.1) is 15.5 Å². The van der Waals surface area contributed by atoms with E-state index in [0.717, 1.165) is 37.5 Å². The van der Waals surface area contributed by atoms with E-state index in [2.05, 4.69) is 10.6 Å². The molecular weight excluding hydrogens is 378 g/mol. The predicted molar refractivity (Wildman–Crippen MR) is 103 cm³/mol. The molecule has 0 radical (unpaired) electrons. The standard InChI is InChI=1S/C17H22ClN3O4S/c1-26-9-8-15(17(23)19-11-4-2-3-5-11)20-16(22)13-7-6-12(21(24)25)10-14(13)18/h6-7,10-11,15H,2-5,8-9H2,1H3,(H,19,23)(H,20,22)/t15-/m1/s1. The number of carbonyl (C=O) groups excluding carboxylic acids is 2. The molecule has 9 heteroatoms. The van der Waals surface area contributed by atoms with Crippen LogP contribution in [0.5, 0.6) is 0 Å². The number of rotatable bonds is 8. The lowest BCUT2D eigenvalue weighted by atomic mass is 10.1.